The highest BCUT2D eigenvalue weighted by molar-refractivity contribution is 7.92. The van der Waals surface area contributed by atoms with E-state index in [1.165, 1.54) is 5.56 Å². The van der Waals surface area contributed by atoms with Crippen molar-refractivity contribution in [1.29, 1.82) is 0 Å². The molecule has 2 N–H and O–H groups in total. The first-order valence-electron chi connectivity index (χ1n) is 8.10. The largest absolute Gasteiger partial charge is 0.383 e. The molecule has 0 unspecified atom stereocenters. The summed E-state index contributed by atoms with van der Waals surface area (Å²) in [5, 5.41) is -0.667. The lowest BCUT2D eigenvalue weighted by Crippen LogP contribution is -2.35. The predicted octanol–water partition coefficient (Wildman–Crippen LogP) is 2.53. The van der Waals surface area contributed by atoms with Crippen molar-refractivity contribution in [2.24, 2.45) is 5.73 Å². The van der Waals surface area contributed by atoms with Crippen LogP contribution in [0.15, 0.2) is 59.5 Å². The molecular formula is C19H23NO3S. The van der Waals surface area contributed by atoms with Crippen LogP contribution in [0.25, 0.3) is 0 Å². The van der Waals surface area contributed by atoms with Crippen LogP contribution in [0.3, 0.4) is 0 Å². The summed E-state index contributed by atoms with van der Waals surface area (Å²) >= 11 is 0. The zero-order valence-corrected chi connectivity index (χ0v) is 14.8. The van der Waals surface area contributed by atoms with E-state index in [4.69, 9.17) is 10.5 Å². The molecule has 1 saturated carbocycles. The monoisotopic (exact) mass is 345 g/mol. The molecule has 0 saturated heterocycles. The molecule has 0 aliphatic heterocycles. The van der Waals surface area contributed by atoms with E-state index in [9.17, 15) is 8.42 Å². The van der Waals surface area contributed by atoms with Gasteiger partial charge < -0.3 is 10.5 Å². The maximum Gasteiger partial charge on any atom is 0.183 e. The van der Waals surface area contributed by atoms with Crippen molar-refractivity contribution < 1.29 is 13.2 Å². The highest BCUT2D eigenvalue weighted by atomic mass is 32.2. The lowest BCUT2D eigenvalue weighted by Gasteiger charge is -2.11. The molecule has 3 rings (SSSR count). The van der Waals surface area contributed by atoms with E-state index in [-0.39, 0.29) is 12.5 Å². The second-order valence-electron chi connectivity index (χ2n) is 6.40. The molecule has 3 atom stereocenters. The van der Waals surface area contributed by atoms with Crippen LogP contribution in [0, 0.1) is 0 Å². The molecule has 2 aromatic carbocycles. The summed E-state index contributed by atoms with van der Waals surface area (Å²) in [6, 6.07) is 16.6. The molecular weight excluding hydrogens is 322 g/mol. The van der Waals surface area contributed by atoms with Crippen LogP contribution in [0.5, 0.6) is 0 Å². The summed E-state index contributed by atoms with van der Waals surface area (Å²) in [6.45, 7) is 2.30. The number of sulfone groups is 1. The van der Waals surface area contributed by atoms with Crippen molar-refractivity contribution in [2.45, 2.75) is 34.9 Å². The Balaban J connectivity index is 1.99. The molecule has 128 valence electrons. The first-order chi connectivity index (χ1) is 11.4. The molecule has 1 aliphatic rings. The molecule has 24 heavy (non-hydrogen) atoms. The predicted molar refractivity (Wildman–Crippen MR) is 94.8 cm³/mol. The summed E-state index contributed by atoms with van der Waals surface area (Å²) in [6.07, 6.45) is 0.947. The lowest BCUT2D eigenvalue weighted by atomic mass is 10.0. The third kappa shape index (κ3) is 2.77. The Morgan fingerprint density at radius 3 is 2.25 bits per heavy atom. The van der Waals surface area contributed by atoms with Crippen molar-refractivity contribution in [3.05, 3.63) is 65.7 Å². The first kappa shape index (κ1) is 17.1. The number of hydrogen-bond donors (Lipinski definition) is 1. The van der Waals surface area contributed by atoms with Crippen LogP contribution in [-0.4, -0.2) is 32.9 Å². The zero-order valence-electron chi connectivity index (χ0n) is 14.0. The van der Waals surface area contributed by atoms with Gasteiger partial charge in [-0.25, -0.2) is 8.42 Å². The molecule has 4 nitrogen and oxygen atoms in total. The van der Waals surface area contributed by atoms with Crippen LogP contribution in [-0.2, 0) is 21.0 Å². The fourth-order valence-electron chi connectivity index (χ4n) is 3.52. The molecule has 1 fully saturated rings. The second-order valence-corrected chi connectivity index (χ2v) is 8.47. The third-order valence-corrected chi connectivity index (χ3v) is 7.16. The smallest absolute Gasteiger partial charge is 0.183 e. The molecule has 0 radical (unpaired) electrons. The Bertz CT molecular complexity index is 802. The highest BCUT2D eigenvalue weighted by Gasteiger charge is 2.69. The molecule has 0 bridgehead atoms. The Morgan fingerprint density at radius 1 is 1.08 bits per heavy atom. The Hall–Kier alpha value is -1.69. The molecule has 0 amide bonds. The van der Waals surface area contributed by atoms with Crippen LogP contribution < -0.4 is 5.73 Å². The fourth-order valence-corrected chi connectivity index (χ4v) is 5.83. The quantitative estimate of drug-likeness (QED) is 0.873. The summed E-state index contributed by atoms with van der Waals surface area (Å²) in [5.74, 6) is -0.256. The van der Waals surface area contributed by atoms with E-state index in [0.717, 1.165) is 12.0 Å². The van der Waals surface area contributed by atoms with E-state index >= 15 is 0 Å². The highest BCUT2D eigenvalue weighted by Crippen LogP contribution is 2.55. The number of methoxy groups -OCH3 is 1. The van der Waals surface area contributed by atoms with E-state index in [1.807, 2.05) is 24.3 Å². The van der Waals surface area contributed by atoms with Gasteiger partial charge in [0.15, 0.2) is 9.84 Å². The minimum atomic E-state index is -3.51. The van der Waals surface area contributed by atoms with Gasteiger partial charge in [-0.2, -0.15) is 0 Å². The van der Waals surface area contributed by atoms with E-state index in [1.54, 1.807) is 37.4 Å². The molecule has 0 aromatic heterocycles. The molecule has 1 aliphatic carbocycles. The van der Waals surface area contributed by atoms with Gasteiger partial charge in [-0.05, 0) is 29.7 Å². The van der Waals surface area contributed by atoms with Gasteiger partial charge in [0, 0.05) is 13.0 Å². The van der Waals surface area contributed by atoms with Crippen LogP contribution >= 0.6 is 0 Å². The summed E-state index contributed by atoms with van der Waals surface area (Å²) in [4.78, 5) is 0.314. The Kier molecular flexibility index (Phi) is 4.51. The van der Waals surface area contributed by atoms with Gasteiger partial charge in [-0.3, -0.25) is 0 Å². The average molecular weight is 345 g/mol. The maximum absolute atomic E-state index is 13.1. The third-order valence-electron chi connectivity index (χ3n) is 4.85. The summed E-state index contributed by atoms with van der Waals surface area (Å²) in [5.41, 5.74) is 7.75. The van der Waals surface area contributed by atoms with Gasteiger partial charge in [-0.15, -0.1) is 0 Å². The van der Waals surface area contributed by atoms with Gasteiger partial charge >= 0.3 is 0 Å². The zero-order chi connectivity index (χ0) is 17.4. The van der Waals surface area contributed by atoms with E-state index in [0.29, 0.717) is 4.90 Å². The van der Waals surface area contributed by atoms with Crippen molar-refractivity contribution in [1.82, 2.24) is 0 Å². The second kappa shape index (κ2) is 6.31. The van der Waals surface area contributed by atoms with Gasteiger partial charge in [0.2, 0.25) is 0 Å². The number of hydrogen-bond acceptors (Lipinski definition) is 4. The number of benzene rings is 2. The van der Waals surface area contributed by atoms with Crippen molar-refractivity contribution in [2.75, 3.05) is 13.7 Å². The Morgan fingerprint density at radius 2 is 1.71 bits per heavy atom. The minimum Gasteiger partial charge on any atom is -0.383 e. The van der Waals surface area contributed by atoms with Gasteiger partial charge in [0.1, 0.15) is 0 Å². The van der Waals surface area contributed by atoms with Crippen molar-refractivity contribution in [3.8, 4) is 0 Å². The number of aryl methyl sites for hydroxylation is 1. The molecule has 5 heteroatoms. The van der Waals surface area contributed by atoms with Crippen LogP contribution in [0.2, 0.25) is 0 Å². The number of nitrogens with two attached hydrogens (primary N) is 1. The number of ether oxygens (including phenoxy) is 1. The van der Waals surface area contributed by atoms with E-state index < -0.39 is 20.6 Å². The number of rotatable bonds is 6. The SMILES string of the molecule is CCc1ccc([C@H]2[C@H](S(=O)(=O)c3ccccc3)[C@@]2(N)COC)cc1. The van der Waals surface area contributed by atoms with Crippen LogP contribution in [0.4, 0.5) is 0 Å². The Labute approximate surface area is 143 Å². The summed E-state index contributed by atoms with van der Waals surface area (Å²) in [7, 11) is -1.96. The molecule has 0 heterocycles. The minimum absolute atomic E-state index is 0.212. The standard InChI is InChI=1S/C19H23NO3S/c1-3-14-9-11-15(12-10-14)17-18(19(17,20)13-23-2)24(21,22)16-7-5-4-6-8-16/h4-12,17-18H,3,13,20H2,1-2H3/t17-,18-,19+/m0/s1. The van der Waals surface area contributed by atoms with Gasteiger partial charge in [0.25, 0.3) is 0 Å². The first-order valence-corrected chi connectivity index (χ1v) is 9.65. The maximum atomic E-state index is 13.1. The topological polar surface area (TPSA) is 69.4 Å². The fraction of sp³-hybridized carbons (Fsp3) is 0.368. The normalized spacial score (nSPS) is 26.3. The lowest BCUT2D eigenvalue weighted by molar-refractivity contribution is 0.171. The van der Waals surface area contributed by atoms with Crippen molar-refractivity contribution >= 4 is 9.84 Å². The van der Waals surface area contributed by atoms with Crippen molar-refractivity contribution in [3.63, 3.8) is 0 Å². The average Bonchev–Trinajstić information content (AvgIpc) is 3.22. The molecule has 0 spiro atoms. The van der Waals surface area contributed by atoms with E-state index in [2.05, 4.69) is 6.92 Å². The molecule has 2 aromatic rings. The van der Waals surface area contributed by atoms with Gasteiger partial charge in [0.05, 0.1) is 22.3 Å². The summed E-state index contributed by atoms with van der Waals surface area (Å²) < 4.78 is 31.3. The van der Waals surface area contributed by atoms with Crippen LogP contribution in [0.1, 0.15) is 24.0 Å². The van der Waals surface area contributed by atoms with Gasteiger partial charge in [-0.1, -0.05) is 49.4 Å².